The maximum absolute atomic E-state index is 2.33. The average molecular weight is 219 g/mol. The first-order valence-corrected chi connectivity index (χ1v) is 7.43. The molecule has 0 aromatic carbocycles. The zero-order valence-electron chi connectivity index (χ0n) is 9.32. The summed E-state index contributed by atoms with van der Waals surface area (Å²) in [6, 6.07) is 0. The van der Waals surface area contributed by atoms with E-state index < -0.39 is 0 Å². The maximum atomic E-state index is 2.33. The van der Waals surface area contributed by atoms with Gasteiger partial charge in [-0.15, -0.1) is 10.5 Å². The summed E-state index contributed by atoms with van der Waals surface area (Å²) in [4.78, 5) is 1.61. The van der Waals surface area contributed by atoms with Crippen molar-refractivity contribution in [1.82, 2.24) is 0 Å². The van der Waals surface area contributed by atoms with Crippen molar-refractivity contribution in [3.63, 3.8) is 0 Å². The molecule has 0 aromatic heterocycles. The predicted octanol–water partition coefficient (Wildman–Crippen LogP) is 2.93. The van der Waals surface area contributed by atoms with Gasteiger partial charge in [-0.2, -0.15) is 0 Å². The molecule has 0 unspecified atom stereocenters. The first-order chi connectivity index (χ1) is 7.42. The van der Waals surface area contributed by atoms with Gasteiger partial charge in [-0.25, -0.2) is 0 Å². The minimum atomic E-state index is 0.157. The van der Waals surface area contributed by atoms with E-state index in [4.69, 9.17) is 0 Å². The van der Waals surface area contributed by atoms with Gasteiger partial charge in [0.25, 0.3) is 0 Å². The highest BCUT2D eigenvalue weighted by Crippen LogP contribution is 2.16. The van der Waals surface area contributed by atoms with Gasteiger partial charge >= 0.3 is 0 Å². The Morgan fingerprint density at radius 3 is 2.60 bits per heavy atom. The van der Waals surface area contributed by atoms with E-state index in [2.05, 4.69) is 49.5 Å². The fourth-order valence-electron chi connectivity index (χ4n) is 2.07. The predicted molar refractivity (Wildman–Crippen MR) is 73.9 cm³/mol. The number of thiol groups is 1. The van der Waals surface area contributed by atoms with E-state index >= 15 is 0 Å². The third kappa shape index (κ3) is 2.60. The fourth-order valence-corrected chi connectivity index (χ4v) is 4.80. The van der Waals surface area contributed by atoms with E-state index in [0.29, 0.717) is 0 Å². The molecule has 2 aliphatic rings. The van der Waals surface area contributed by atoms with E-state index in [0.717, 1.165) is 0 Å². The zero-order chi connectivity index (χ0) is 10.5. The van der Waals surface area contributed by atoms with Crippen molar-refractivity contribution < 1.29 is 0 Å². The second-order valence-electron chi connectivity index (χ2n) is 3.95. The normalized spacial score (nSPS) is 24.9. The summed E-state index contributed by atoms with van der Waals surface area (Å²) in [5, 5.41) is 0. The summed E-state index contributed by atoms with van der Waals surface area (Å²) in [6.45, 7) is 2.07. The fraction of sp³-hybridized carbons (Fsp3) is 0.357. The van der Waals surface area contributed by atoms with E-state index in [9.17, 15) is 0 Å². The number of hydrogen-bond acceptors (Lipinski definition) is 0. The number of rotatable bonds is 1. The molecule has 2 rings (SSSR count). The van der Waals surface area contributed by atoms with Gasteiger partial charge in [0.05, 0.1) is 11.5 Å². The molecule has 1 aliphatic carbocycles. The Kier molecular flexibility index (Phi) is 3.79. The molecule has 1 aliphatic heterocycles. The quantitative estimate of drug-likeness (QED) is 0.275. The van der Waals surface area contributed by atoms with Gasteiger partial charge < -0.3 is 0 Å². The smallest absolute Gasteiger partial charge is 0.119 e. The van der Waals surface area contributed by atoms with E-state index in [1.54, 1.807) is 4.86 Å². The molecule has 15 heavy (non-hydrogen) atoms. The molecular weight excluding hydrogens is 200 g/mol. The molecule has 0 N–H and O–H groups in total. The summed E-state index contributed by atoms with van der Waals surface area (Å²) in [6.07, 6.45) is 18.3. The molecule has 0 radical (unpaired) electrons. The Balaban J connectivity index is 2.32. The lowest BCUT2D eigenvalue weighted by molar-refractivity contribution is 0.949. The highest BCUT2D eigenvalue weighted by Gasteiger charge is 2.18. The summed E-state index contributed by atoms with van der Waals surface area (Å²) in [5.74, 6) is 2.88. The van der Waals surface area contributed by atoms with Crippen molar-refractivity contribution in [3.05, 3.63) is 48.1 Å². The van der Waals surface area contributed by atoms with Crippen LogP contribution < -0.4 is 0 Å². The second kappa shape index (κ2) is 5.32. The molecule has 0 nitrogen and oxygen atoms in total. The molecule has 0 aromatic rings. The van der Waals surface area contributed by atoms with Gasteiger partial charge in [0.15, 0.2) is 0 Å². The van der Waals surface area contributed by atoms with Gasteiger partial charge in [0, 0.05) is 5.57 Å². The number of hydrogen-bond donors (Lipinski definition) is 0. The van der Waals surface area contributed by atoms with Crippen molar-refractivity contribution in [2.45, 2.75) is 19.8 Å². The average Bonchev–Trinajstić information content (AvgIpc) is 2.80. The van der Waals surface area contributed by atoms with Gasteiger partial charge in [-0.1, -0.05) is 36.5 Å². The third-order valence-electron chi connectivity index (χ3n) is 2.85. The number of allylic oxidation sites excluding steroid dienone is 8. The molecule has 1 saturated heterocycles. The third-order valence-corrected chi connectivity index (χ3v) is 5.65. The largest absolute Gasteiger partial charge is 0.130 e. The zero-order valence-corrected chi connectivity index (χ0v) is 10.2. The Morgan fingerprint density at radius 1 is 1.13 bits per heavy atom. The maximum Gasteiger partial charge on any atom is 0.119 e. The summed E-state index contributed by atoms with van der Waals surface area (Å²) >= 11 is 0. The molecule has 1 heteroatoms. The van der Waals surface area contributed by atoms with Crippen LogP contribution in [0, 0.1) is 0 Å². The molecule has 0 spiro atoms. The van der Waals surface area contributed by atoms with Crippen LogP contribution in [0.5, 0.6) is 0 Å². The van der Waals surface area contributed by atoms with Crippen LogP contribution in [0.15, 0.2) is 48.1 Å². The molecule has 1 fully saturated rings. The Morgan fingerprint density at radius 2 is 1.87 bits per heavy atom. The van der Waals surface area contributed by atoms with Crippen LogP contribution in [0.1, 0.15) is 19.8 Å². The van der Waals surface area contributed by atoms with Gasteiger partial charge in [-0.05, 0) is 25.8 Å². The van der Waals surface area contributed by atoms with Crippen LogP contribution >= 0.6 is 0 Å². The topological polar surface area (TPSA) is 0 Å². The lowest BCUT2D eigenvalue weighted by Crippen LogP contribution is -2.10. The van der Waals surface area contributed by atoms with Crippen molar-refractivity contribution in [2.75, 3.05) is 11.5 Å². The Bertz CT molecular complexity index is 370. The van der Waals surface area contributed by atoms with E-state index in [1.165, 1.54) is 29.9 Å². The van der Waals surface area contributed by atoms with Crippen LogP contribution in [0.25, 0.3) is 0 Å². The molecule has 0 atom stereocenters. The van der Waals surface area contributed by atoms with E-state index in [1.807, 2.05) is 0 Å². The van der Waals surface area contributed by atoms with Gasteiger partial charge in [-0.3, -0.25) is 0 Å². The molecule has 0 amide bonds. The van der Waals surface area contributed by atoms with Crippen LogP contribution in [0.4, 0.5) is 0 Å². The highest BCUT2D eigenvalue weighted by atomic mass is 32.2. The molecule has 0 saturated carbocycles. The first-order valence-electron chi connectivity index (χ1n) is 5.72. The van der Waals surface area contributed by atoms with Crippen LogP contribution in [-0.4, -0.2) is 16.4 Å². The molecule has 80 valence electrons. The van der Waals surface area contributed by atoms with Crippen molar-refractivity contribution in [2.24, 2.45) is 0 Å². The first kappa shape index (κ1) is 10.7. The van der Waals surface area contributed by atoms with Crippen LogP contribution in [0.2, 0.25) is 0 Å². The van der Waals surface area contributed by atoms with Crippen LogP contribution in [-0.2, 0) is 10.5 Å². The van der Waals surface area contributed by atoms with Crippen molar-refractivity contribution in [3.8, 4) is 0 Å². The van der Waals surface area contributed by atoms with E-state index in [-0.39, 0.29) is 10.5 Å². The Labute approximate surface area is 95.0 Å². The monoisotopic (exact) mass is 219 g/mol. The Hall–Kier alpha value is -0.820. The molecule has 0 bridgehead atoms. The lowest BCUT2D eigenvalue weighted by atomic mass is 10.1. The van der Waals surface area contributed by atoms with Crippen molar-refractivity contribution >= 4 is 15.3 Å². The molecular formula is C14H19S+. The second-order valence-corrected chi connectivity index (χ2v) is 6.40. The van der Waals surface area contributed by atoms with Crippen LogP contribution in [0.3, 0.4) is 0 Å². The highest BCUT2D eigenvalue weighted by molar-refractivity contribution is 7.97. The summed E-state index contributed by atoms with van der Waals surface area (Å²) < 4.78 is 0. The minimum Gasteiger partial charge on any atom is -0.130 e. The van der Waals surface area contributed by atoms with Gasteiger partial charge in [0.2, 0.25) is 0 Å². The van der Waals surface area contributed by atoms with Gasteiger partial charge in [0.1, 0.15) is 4.86 Å². The molecule has 1 heterocycles. The minimum absolute atomic E-state index is 0.157. The standard InChI is InChI=1S/C14H18S/c1-2-3-8-13-9-4-5-10-14(13)15-11-6-7-12-15/h2-5,8-10H,6-7,11-12H2,1H3/p+1/b3-2-,13-8-. The lowest BCUT2D eigenvalue weighted by Gasteiger charge is -2.06. The summed E-state index contributed by atoms with van der Waals surface area (Å²) in [5.41, 5.74) is 1.43. The SMILES string of the molecule is C/C=C\C=C1\C=CC=CC1=[SH+]1CCCC1. The summed E-state index contributed by atoms with van der Waals surface area (Å²) in [7, 11) is 0.157. The van der Waals surface area contributed by atoms with Crippen molar-refractivity contribution in [1.29, 1.82) is 0 Å².